The Morgan fingerprint density at radius 2 is 2.27 bits per heavy atom. The van der Waals surface area contributed by atoms with Crippen molar-refractivity contribution < 1.29 is 4.39 Å². The maximum atomic E-state index is 12.8. The van der Waals surface area contributed by atoms with Gasteiger partial charge in [-0.1, -0.05) is 22.0 Å². The van der Waals surface area contributed by atoms with E-state index in [-0.39, 0.29) is 5.82 Å². The maximum absolute atomic E-state index is 12.8. The molecule has 0 aromatic heterocycles. The molecule has 0 bridgehead atoms. The molecule has 0 atom stereocenters. The van der Waals surface area contributed by atoms with Crippen LogP contribution in [-0.2, 0) is 6.54 Å². The first kappa shape index (κ1) is 12.0. The van der Waals surface area contributed by atoms with Gasteiger partial charge in [0.1, 0.15) is 5.82 Å². The predicted octanol–water partition coefficient (Wildman–Crippen LogP) is 1.88. The average molecular weight is 274 g/mol. The molecule has 5 heteroatoms. The summed E-state index contributed by atoms with van der Waals surface area (Å²) < 4.78 is 13.5. The summed E-state index contributed by atoms with van der Waals surface area (Å²) in [6.07, 6.45) is 0. The third-order valence-electron chi connectivity index (χ3n) is 1.92. The number of guanidine groups is 1. The third kappa shape index (κ3) is 3.51. The summed E-state index contributed by atoms with van der Waals surface area (Å²) >= 11 is 3.30. The van der Waals surface area contributed by atoms with Crippen molar-refractivity contribution in [1.82, 2.24) is 10.6 Å². The van der Waals surface area contributed by atoms with Gasteiger partial charge in [-0.2, -0.15) is 0 Å². The van der Waals surface area contributed by atoms with Crippen LogP contribution in [-0.4, -0.2) is 20.1 Å². The first-order valence-electron chi connectivity index (χ1n) is 4.49. The molecule has 3 nitrogen and oxygen atoms in total. The molecule has 0 heterocycles. The van der Waals surface area contributed by atoms with E-state index in [1.54, 1.807) is 20.2 Å². The van der Waals surface area contributed by atoms with E-state index in [2.05, 4.69) is 31.6 Å². The number of aliphatic imine (C=N–C) groups is 1. The highest BCUT2D eigenvalue weighted by molar-refractivity contribution is 9.10. The van der Waals surface area contributed by atoms with Gasteiger partial charge in [0, 0.05) is 25.1 Å². The SMILES string of the molecule is CN=C(NC)NCc1ccc(F)cc1Br. The Morgan fingerprint density at radius 1 is 1.53 bits per heavy atom. The Morgan fingerprint density at radius 3 is 2.80 bits per heavy atom. The molecular weight excluding hydrogens is 261 g/mol. The van der Waals surface area contributed by atoms with Gasteiger partial charge in [0.05, 0.1) is 0 Å². The Kier molecular flexibility index (Phi) is 4.55. The molecule has 0 unspecified atom stereocenters. The van der Waals surface area contributed by atoms with Gasteiger partial charge >= 0.3 is 0 Å². The molecule has 2 N–H and O–H groups in total. The highest BCUT2D eigenvalue weighted by Gasteiger charge is 2.01. The molecule has 15 heavy (non-hydrogen) atoms. The molecule has 0 spiro atoms. The van der Waals surface area contributed by atoms with Crippen LogP contribution in [0.25, 0.3) is 0 Å². The van der Waals surface area contributed by atoms with E-state index < -0.39 is 0 Å². The van der Waals surface area contributed by atoms with Crippen LogP contribution in [0.3, 0.4) is 0 Å². The standard InChI is InChI=1S/C10H13BrFN3/c1-13-10(14-2)15-6-7-3-4-8(12)5-9(7)11/h3-5H,6H2,1-2H3,(H2,13,14,15). The van der Waals surface area contributed by atoms with Crippen LogP contribution in [0.15, 0.2) is 27.7 Å². The molecular formula is C10H13BrFN3. The van der Waals surface area contributed by atoms with Gasteiger partial charge in [-0.3, -0.25) is 4.99 Å². The topological polar surface area (TPSA) is 36.4 Å². The van der Waals surface area contributed by atoms with Crippen LogP contribution in [0.5, 0.6) is 0 Å². The second-order valence-electron chi connectivity index (χ2n) is 2.91. The first-order valence-corrected chi connectivity index (χ1v) is 5.29. The lowest BCUT2D eigenvalue weighted by Gasteiger charge is -2.09. The van der Waals surface area contributed by atoms with E-state index in [0.29, 0.717) is 12.5 Å². The largest absolute Gasteiger partial charge is 0.359 e. The van der Waals surface area contributed by atoms with Crippen LogP contribution in [0.1, 0.15) is 5.56 Å². The van der Waals surface area contributed by atoms with Crippen molar-refractivity contribution in [3.05, 3.63) is 34.1 Å². The summed E-state index contributed by atoms with van der Waals surface area (Å²) in [6, 6.07) is 4.61. The molecule has 0 fully saturated rings. The van der Waals surface area contributed by atoms with Crippen LogP contribution >= 0.6 is 15.9 Å². The van der Waals surface area contributed by atoms with Crippen molar-refractivity contribution in [1.29, 1.82) is 0 Å². The first-order chi connectivity index (χ1) is 7.17. The fourth-order valence-electron chi connectivity index (χ4n) is 1.12. The van der Waals surface area contributed by atoms with Crippen LogP contribution in [0.2, 0.25) is 0 Å². The van der Waals surface area contributed by atoms with Crippen molar-refractivity contribution in [2.75, 3.05) is 14.1 Å². The molecule has 82 valence electrons. The summed E-state index contributed by atoms with van der Waals surface area (Å²) in [5.74, 6) is 0.454. The molecule has 1 rings (SSSR count). The lowest BCUT2D eigenvalue weighted by atomic mass is 10.2. The zero-order chi connectivity index (χ0) is 11.3. The number of nitrogens with zero attached hydrogens (tertiary/aromatic N) is 1. The van der Waals surface area contributed by atoms with Crippen molar-refractivity contribution in [3.8, 4) is 0 Å². The van der Waals surface area contributed by atoms with Crippen LogP contribution in [0, 0.1) is 5.82 Å². The van der Waals surface area contributed by atoms with E-state index >= 15 is 0 Å². The van der Waals surface area contributed by atoms with E-state index in [0.717, 1.165) is 10.0 Å². The van der Waals surface area contributed by atoms with Gasteiger partial charge in [0.25, 0.3) is 0 Å². The molecule has 1 aromatic carbocycles. The number of halogens is 2. The monoisotopic (exact) mass is 273 g/mol. The van der Waals surface area contributed by atoms with Gasteiger partial charge in [0.2, 0.25) is 0 Å². The molecule has 0 saturated carbocycles. The van der Waals surface area contributed by atoms with Gasteiger partial charge in [0.15, 0.2) is 5.96 Å². The van der Waals surface area contributed by atoms with Crippen molar-refractivity contribution in [3.63, 3.8) is 0 Å². The van der Waals surface area contributed by atoms with Gasteiger partial charge in [-0.15, -0.1) is 0 Å². The Hall–Kier alpha value is -1.10. The molecule has 1 aromatic rings. The van der Waals surface area contributed by atoms with E-state index in [1.165, 1.54) is 12.1 Å². The number of hydrogen-bond acceptors (Lipinski definition) is 1. The molecule has 0 amide bonds. The zero-order valence-corrected chi connectivity index (χ0v) is 10.2. The molecule has 0 radical (unpaired) electrons. The minimum atomic E-state index is -0.247. The number of benzene rings is 1. The Balaban J connectivity index is 2.65. The summed E-state index contributed by atoms with van der Waals surface area (Å²) in [6.45, 7) is 0.592. The number of rotatable bonds is 2. The lowest BCUT2D eigenvalue weighted by Crippen LogP contribution is -2.34. The molecule has 0 saturated heterocycles. The van der Waals surface area contributed by atoms with Crippen molar-refractivity contribution >= 4 is 21.9 Å². The second-order valence-corrected chi connectivity index (χ2v) is 3.77. The molecule has 0 aliphatic rings. The number of hydrogen-bond donors (Lipinski definition) is 2. The van der Waals surface area contributed by atoms with Crippen LogP contribution in [0.4, 0.5) is 4.39 Å². The molecule has 0 aliphatic carbocycles. The maximum Gasteiger partial charge on any atom is 0.190 e. The predicted molar refractivity (Wildman–Crippen MR) is 63.4 cm³/mol. The minimum Gasteiger partial charge on any atom is -0.359 e. The summed E-state index contributed by atoms with van der Waals surface area (Å²) in [5, 5.41) is 5.98. The van der Waals surface area contributed by atoms with E-state index in [1.807, 2.05) is 0 Å². The third-order valence-corrected chi connectivity index (χ3v) is 2.66. The number of nitrogens with one attached hydrogen (secondary N) is 2. The summed E-state index contributed by atoms with van der Waals surface area (Å²) in [7, 11) is 3.48. The zero-order valence-electron chi connectivity index (χ0n) is 8.64. The van der Waals surface area contributed by atoms with Gasteiger partial charge in [-0.25, -0.2) is 4.39 Å². The minimum absolute atomic E-state index is 0.247. The molecule has 0 aliphatic heterocycles. The fraction of sp³-hybridized carbons (Fsp3) is 0.300. The smallest absolute Gasteiger partial charge is 0.190 e. The Labute approximate surface area is 96.9 Å². The van der Waals surface area contributed by atoms with Crippen molar-refractivity contribution in [2.45, 2.75) is 6.54 Å². The van der Waals surface area contributed by atoms with Crippen molar-refractivity contribution in [2.24, 2.45) is 4.99 Å². The van der Waals surface area contributed by atoms with Gasteiger partial charge in [-0.05, 0) is 17.7 Å². The second kappa shape index (κ2) is 5.70. The highest BCUT2D eigenvalue weighted by Crippen LogP contribution is 2.17. The highest BCUT2D eigenvalue weighted by atomic mass is 79.9. The normalized spacial score (nSPS) is 11.3. The lowest BCUT2D eigenvalue weighted by molar-refractivity contribution is 0.625. The summed E-state index contributed by atoms with van der Waals surface area (Å²) in [4.78, 5) is 3.97. The fourth-order valence-corrected chi connectivity index (χ4v) is 1.61. The summed E-state index contributed by atoms with van der Waals surface area (Å²) in [5.41, 5.74) is 0.979. The quantitative estimate of drug-likeness (QED) is 0.638. The van der Waals surface area contributed by atoms with E-state index in [9.17, 15) is 4.39 Å². The Bertz CT molecular complexity index is 366. The van der Waals surface area contributed by atoms with Crippen LogP contribution < -0.4 is 10.6 Å². The van der Waals surface area contributed by atoms with Gasteiger partial charge < -0.3 is 10.6 Å². The average Bonchev–Trinajstić information content (AvgIpc) is 2.22. The van der Waals surface area contributed by atoms with E-state index in [4.69, 9.17) is 0 Å².